The summed E-state index contributed by atoms with van der Waals surface area (Å²) in [5.74, 6) is -0.607. The Morgan fingerprint density at radius 2 is 2.04 bits per heavy atom. The summed E-state index contributed by atoms with van der Waals surface area (Å²) < 4.78 is 3.08. The number of anilines is 1. The van der Waals surface area contributed by atoms with Crippen LogP contribution in [0.5, 0.6) is 0 Å². The van der Waals surface area contributed by atoms with Gasteiger partial charge in [-0.25, -0.2) is 0 Å². The minimum absolute atomic E-state index is 0.265. The average Bonchev–Trinajstić information content (AvgIpc) is 3.09. The van der Waals surface area contributed by atoms with Crippen LogP contribution in [0.15, 0.2) is 24.7 Å². The Kier molecular flexibility index (Phi) is 5.29. The molecule has 0 saturated heterocycles. The van der Waals surface area contributed by atoms with E-state index in [9.17, 15) is 9.59 Å². The molecule has 0 radical (unpaired) electrons. The minimum Gasteiger partial charge on any atom is -0.351 e. The summed E-state index contributed by atoms with van der Waals surface area (Å²) in [5.41, 5.74) is 1.51. The van der Waals surface area contributed by atoms with Gasteiger partial charge in [-0.3, -0.25) is 19.0 Å². The van der Waals surface area contributed by atoms with Gasteiger partial charge in [-0.2, -0.15) is 10.2 Å². The van der Waals surface area contributed by atoms with Crippen LogP contribution in [0.1, 0.15) is 29.4 Å². The van der Waals surface area contributed by atoms with Crippen LogP contribution in [0.25, 0.3) is 6.08 Å². The van der Waals surface area contributed by atoms with Gasteiger partial charge in [-0.15, -0.1) is 0 Å². The second-order valence-corrected chi connectivity index (χ2v) is 5.06. The lowest BCUT2D eigenvalue weighted by Crippen LogP contribution is -2.27. The third-order valence-corrected chi connectivity index (χ3v) is 3.10. The molecule has 2 heterocycles. The predicted molar refractivity (Wildman–Crippen MR) is 86.7 cm³/mol. The van der Waals surface area contributed by atoms with Gasteiger partial charge in [0.2, 0.25) is 5.91 Å². The lowest BCUT2D eigenvalue weighted by Gasteiger charge is -2.07. The molecule has 0 bridgehead atoms. The Bertz CT molecular complexity index is 728. The third-order valence-electron chi connectivity index (χ3n) is 3.10. The minimum atomic E-state index is -0.341. The van der Waals surface area contributed by atoms with Gasteiger partial charge in [0.1, 0.15) is 5.69 Å². The molecule has 0 atom stereocenters. The first-order valence-electron chi connectivity index (χ1n) is 7.29. The summed E-state index contributed by atoms with van der Waals surface area (Å²) in [6.45, 7) is 2.54. The fraction of sp³-hybridized carbons (Fsp3) is 0.333. The first kappa shape index (κ1) is 16.5. The number of nitrogens with zero attached hydrogens (tertiary/aromatic N) is 4. The summed E-state index contributed by atoms with van der Waals surface area (Å²) in [4.78, 5) is 24.1. The van der Waals surface area contributed by atoms with Crippen LogP contribution >= 0.6 is 0 Å². The first-order valence-corrected chi connectivity index (χ1v) is 7.29. The molecule has 8 nitrogen and oxygen atoms in total. The molecule has 0 aliphatic rings. The second-order valence-electron chi connectivity index (χ2n) is 5.06. The van der Waals surface area contributed by atoms with E-state index in [1.54, 1.807) is 37.2 Å². The SMILES string of the molecule is CCCNC(=O)c1c(NC(=O)/C=C/c2cnn(C)c2)cnn1C. The molecule has 2 aromatic heterocycles. The molecule has 0 aliphatic heterocycles. The molecule has 2 N–H and O–H groups in total. The standard InChI is InChI=1S/C15H20N6O2/c1-4-7-16-15(23)14-12(9-18-21(14)3)19-13(22)6-5-11-8-17-20(2)10-11/h5-6,8-10H,4,7H2,1-3H3,(H,16,23)(H,19,22)/b6-5+. The number of rotatable bonds is 6. The van der Waals surface area contributed by atoms with Gasteiger partial charge in [0, 0.05) is 38.5 Å². The van der Waals surface area contributed by atoms with Gasteiger partial charge >= 0.3 is 0 Å². The number of aryl methyl sites for hydroxylation is 2. The van der Waals surface area contributed by atoms with Crippen molar-refractivity contribution in [2.75, 3.05) is 11.9 Å². The van der Waals surface area contributed by atoms with E-state index in [0.717, 1.165) is 12.0 Å². The Labute approximate surface area is 134 Å². The van der Waals surface area contributed by atoms with Crippen molar-refractivity contribution in [1.29, 1.82) is 0 Å². The lowest BCUT2D eigenvalue weighted by atomic mass is 10.3. The third kappa shape index (κ3) is 4.29. The van der Waals surface area contributed by atoms with Crippen molar-refractivity contribution in [1.82, 2.24) is 24.9 Å². The zero-order valence-electron chi connectivity index (χ0n) is 13.4. The number of amides is 2. The predicted octanol–water partition coefficient (Wildman–Crippen LogP) is 0.945. The van der Waals surface area contributed by atoms with E-state index in [1.165, 1.54) is 17.0 Å². The molecule has 2 amide bonds. The largest absolute Gasteiger partial charge is 0.351 e. The number of nitrogens with one attached hydrogen (secondary N) is 2. The van der Waals surface area contributed by atoms with Gasteiger partial charge in [0.25, 0.3) is 5.91 Å². The van der Waals surface area contributed by atoms with Gasteiger partial charge in [-0.1, -0.05) is 6.92 Å². The normalized spacial score (nSPS) is 10.9. The first-order chi connectivity index (χ1) is 11.0. The molecular weight excluding hydrogens is 296 g/mol. The van der Waals surface area contributed by atoms with Gasteiger partial charge < -0.3 is 10.6 Å². The van der Waals surface area contributed by atoms with Gasteiger partial charge in [0.05, 0.1) is 18.1 Å². The van der Waals surface area contributed by atoms with E-state index < -0.39 is 0 Å². The molecule has 8 heteroatoms. The highest BCUT2D eigenvalue weighted by atomic mass is 16.2. The highest BCUT2D eigenvalue weighted by molar-refractivity contribution is 6.06. The number of carbonyl (C=O) groups is 2. The number of carbonyl (C=O) groups excluding carboxylic acids is 2. The fourth-order valence-corrected chi connectivity index (χ4v) is 1.99. The van der Waals surface area contributed by atoms with E-state index in [4.69, 9.17) is 0 Å². The summed E-state index contributed by atoms with van der Waals surface area (Å²) in [5, 5.41) is 13.5. The van der Waals surface area contributed by atoms with E-state index >= 15 is 0 Å². The molecule has 0 aliphatic carbocycles. The Hall–Kier alpha value is -2.90. The van der Waals surface area contributed by atoms with Crippen LogP contribution in [0.3, 0.4) is 0 Å². The monoisotopic (exact) mass is 316 g/mol. The molecule has 0 fully saturated rings. The van der Waals surface area contributed by atoms with Crippen molar-refractivity contribution in [3.05, 3.63) is 35.9 Å². The highest BCUT2D eigenvalue weighted by Crippen LogP contribution is 2.14. The molecule has 23 heavy (non-hydrogen) atoms. The van der Waals surface area contributed by atoms with Crippen LogP contribution in [0, 0.1) is 0 Å². The topological polar surface area (TPSA) is 93.8 Å². The quantitative estimate of drug-likeness (QED) is 0.776. The van der Waals surface area contributed by atoms with Crippen molar-refractivity contribution in [3.8, 4) is 0 Å². The van der Waals surface area contributed by atoms with Crippen molar-refractivity contribution < 1.29 is 9.59 Å². The number of hydrogen-bond donors (Lipinski definition) is 2. The van der Waals surface area contributed by atoms with Crippen LogP contribution in [-0.4, -0.2) is 37.9 Å². The van der Waals surface area contributed by atoms with Crippen molar-refractivity contribution in [2.24, 2.45) is 14.1 Å². The molecule has 122 valence electrons. The number of aromatic nitrogens is 4. The van der Waals surface area contributed by atoms with Crippen LogP contribution in [0.2, 0.25) is 0 Å². The fourth-order valence-electron chi connectivity index (χ4n) is 1.99. The van der Waals surface area contributed by atoms with Gasteiger partial charge in [-0.05, 0) is 12.5 Å². The maximum atomic E-state index is 12.1. The Morgan fingerprint density at radius 3 is 2.70 bits per heavy atom. The van der Waals surface area contributed by atoms with E-state index in [1.807, 2.05) is 6.92 Å². The van der Waals surface area contributed by atoms with Crippen molar-refractivity contribution >= 4 is 23.6 Å². The maximum Gasteiger partial charge on any atom is 0.271 e. The molecule has 0 unspecified atom stereocenters. The average molecular weight is 316 g/mol. The van der Waals surface area contributed by atoms with Gasteiger partial charge in [0.15, 0.2) is 0 Å². The Balaban J connectivity index is 2.06. The van der Waals surface area contributed by atoms with Crippen LogP contribution in [-0.2, 0) is 18.9 Å². The zero-order valence-corrected chi connectivity index (χ0v) is 13.4. The second kappa shape index (κ2) is 7.39. The smallest absolute Gasteiger partial charge is 0.271 e. The molecule has 0 aromatic carbocycles. The van der Waals surface area contributed by atoms with Crippen LogP contribution in [0.4, 0.5) is 5.69 Å². The number of hydrogen-bond acceptors (Lipinski definition) is 4. The maximum absolute atomic E-state index is 12.1. The lowest BCUT2D eigenvalue weighted by molar-refractivity contribution is -0.111. The Morgan fingerprint density at radius 1 is 1.26 bits per heavy atom. The highest BCUT2D eigenvalue weighted by Gasteiger charge is 2.17. The van der Waals surface area contributed by atoms with Crippen LogP contribution < -0.4 is 10.6 Å². The summed E-state index contributed by atoms with van der Waals surface area (Å²) in [7, 11) is 3.45. The van der Waals surface area contributed by atoms with E-state index in [2.05, 4.69) is 20.8 Å². The molecule has 2 aromatic rings. The van der Waals surface area contributed by atoms with Crippen molar-refractivity contribution in [3.63, 3.8) is 0 Å². The molecule has 2 rings (SSSR count). The summed E-state index contributed by atoms with van der Waals surface area (Å²) >= 11 is 0. The van der Waals surface area contributed by atoms with E-state index in [-0.39, 0.29) is 11.8 Å². The van der Waals surface area contributed by atoms with Crippen molar-refractivity contribution in [2.45, 2.75) is 13.3 Å². The van der Waals surface area contributed by atoms with E-state index in [0.29, 0.717) is 17.9 Å². The molecule has 0 saturated carbocycles. The molecular formula is C15H20N6O2. The zero-order chi connectivity index (χ0) is 16.8. The summed E-state index contributed by atoms with van der Waals surface area (Å²) in [6.07, 6.45) is 8.76. The molecule has 0 spiro atoms. The summed E-state index contributed by atoms with van der Waals surface area (Å²) in [6, 6.07) is 0.